The minimum Gasteiger partial charge on any atom is -0.352 e. The molecule has 2 aromatic rings. The summed E-state index contributed by atoms with van der Waals surface area (Å²) in [5.41, 5.74) is 0.872. The molecule has 24 heavy (non-hydrogen) atoms. The molecule has 7 heteroatoms. The summed E-state index contributed by atoms with van der Waals surface area (Å²) in [6, 6.07) is 14.5. The van der Waals surface area contributed by atoms with E-state index in [0.29, 0.717) is 18.7 Å². The van der Waals surface area contributed by atoms with E-state index < -0.39 is 9.84 Å². The molecule has 0 saturated heterocycles. The Bertz CT molecular complexity index is 788. The Kier molecular flexibility index (Phi) is 6.89. The number of hydrogen-bond acceptors (Lipinski definition) is 4. The van der Waals surface area contributed by atoms with Crippen molar-refractivity contribution in [3.63, 3.8) is 0 Å². The minimum absolute atomic E-state index is 0.0215. The molecule has 2 rings (SSSR count). The number of amides is 1. The molecule has 0 aliphatic carbocycles. The fourth-order valence-electron chi connectivity index (χ4n) is 1.94. The Morgan fingerprint density at radius 2 is 1.71 bits per heavy atom. The molecule has 4 nitrogen and oxygen atoms in total. The van der Waals surface area contributed by atoms with E-state index in [-0.39, 0.29) is 10.8 Å². The van der Waals surface area contributed by atoms with Gasteiger partial charge in [0.05, 0.1) is 4.90 Å². The quantitative estimate of drug-likeness (QED) is 0.684. The molecule has 0 saturated carbocycles. The van der Waals surface area contributed by atoms with Gasteiger partial charge in [-0.1, -0.05) is 28.1 Å². The summed E-state index contributed by atoms with van der Waals surface area (Å²) >= 11 is 5.02. The van der Waals surface area contributed by atoms with E-state index in [0.717, 1.165) is 14.9 Å². The van der Waals surface area contributed by atoms with E-state index in [4.69, 9.17) is 0 Å². The number of sulfone groups is 1. The monoisotopic (exact) mass is 427 g/mol. The molecule has 0 aromatic heterocycles. The zero-order chi connectivity index (χ0) is 17.6. The van der Waals surface area contributed by atoms with Crippen LogP contribution in [0.3, 0.4) is 0 Å². The molecule has 0 aliphatic heterocycles. The standard InChI is InChI=1S/C17H18BrNO3S2/c1-24(21,22)16-8-2-13(3-9-16)12-19-17(20)10-11-23-15-6-4-14(18)5-7-15/h2-9H,10-12H2,1H3,(H,19,20). The average molecular weight is 428 g/mol. The molecule has 128 valence electrons. The molecule has 0 aliphatic rings. The Labute approximate surface area is 155 Å². The summed E-state index contributed by atoms with van der Waals surface area (Å²) in [4.78, 5) is 13.3. The van der Waals surface area contributed by atoms with Gasteiger partial charge in [-0.2, -0.15) is 0 Å². The number of carbonyl (C=O) groups is 1. The van der Waals surface area contributed by atoms with Crippen LogP contribution >= 0.6 is 27.7 Å². The van der Waals surface area contributed by atoms with Crippen LogP contribution in [-0.2, 0) is 21.2 Å². The van der Waals surface area contributed by atoms with Gasteiger partial charge in [-0.15, -0.1) is 11.8 Å². The van der Waals surface area contributed by atoms with Crippen molar-refractivity contribution in [1.82, 2.24) is 5.32 Å². The van der Waals surface area contributed by atoms with Crippen molar-refractivity contribution >= 4 is 43.4 Å². The van der Waals surface area contributed by atoms with E-state index in [9.17, 15) is 13.2 Å². The summed E-state index contributed by atoms with van der Waals surface area (Å²) in [6.07, 6.45) is 1.61. The van der Waals surface area contributed by atoms with Gasteiger partial charge in [-0.3, -0.25) is 4.79 Å². The molecule has 2 aromatic carbocycles. The molecule has 0 fully saturated rings. The maximum atomic E-state index is 11.9. The third-order valence-corrected chi connectivity index (χ3v) is 5.92. The third-order valence-electron chi connectivity index (χ3n) is 3.25. The zero-order valence-corrected chi connectivity index (χ0v) is 16.4. The normalized spacial score (nSPS) is 11.2. The lowest BCUT2D eigenvalue weighted by molar-refractivity contribution is -0.120. The van der Waals surface area contributed by atoms with Gasteiger partial charge in [0, 0.05) is 34.3 Å². The average Bonchev–Trinajstić information content (AvgIpc) is 2.54. The summed E-state index contributed by atoms with van der Waals surface area (Å²) in [5, 5.41) is 2.84. The van der Waals surface area contributed by atoms with Gasteiger partial charge < -0.3 is 5.32 Å². The van der Waals surface area contributed by atoms with Gasteiger partial charge in [0.1, 0.15) is 0 Å². The van der Waals surface area contributed by atoms with Crippen LogP contribution in [-0.4, -0.2) is 26.3 Å². The van der Waals surface area contributed by atoms with Gasteiger partial charge in [0.15, 0.2) is 9.84 Å². The molecule has 0 radical (unpaired) electrons. The second-order valence-corrected chi connectivity index (χ2v) is 9.34. The van der Waals surface area contributed by atoms with E-state index >= 15 is 0 Å². The van der Waals surface area contributed by atoms with E-state index in [1.807, 2.05) is 24.3 Å². The fourth-order valence-corrected chi connectivity index (χ4v) is 3.68. The molecule has 1 N–H and O–H groups in total. The zero-order valence-electron chi connectivity index (χ0n) is 13.2. The number of carbonyl (C=O) groups excluding carboxylic acids is 1. The van der Waals surface area contributed by atoms with Gasteiger partial charge in [-0.05, 0) is 42.0 Å². The van der Waals surface area contributed by atoms with Crippen LogP contribution in [0, 0.1) is 0 Å². The van der Waals surface area contributed by atoms with Crippen LogP contribution in [0.2, 0.25) is 0 Å². The highest BCUT2D eigenvalue weighted by atomic mass is 79.9. The Morgan fingerprint density at radius 3 is 2.29 bits per heavy atom. The largest absolute Gasteiger partial charge is 0.352 e. The first-order valence-corrected chi connectivity index (χ1v) is 11.0. The van der Waals surface area contributed by atoms with Crippen LogP contribution in [0.4, 0.5) is 0 Å². The van der Waals surface area contributed by atoms with Crippen LogP contribution in [0.5, 0.6) is 0 Å². The number of benzene rings is 2. The van der Waals surface area contributed by atoms with E-state index in [2.05, 4.69) is 21.2 Å². The van der Waals surface area contributed by atoms with E-state index in [1.165, 1.54) is 6.26 Å². The first-order chi connectivity index (χ1) is 11.3. The number of halogens is 1. The first kappa shape index (κ1) is 19.0. The van der Waals surface area contributed by atoms with Crippen LogP contribution in [0.1, 0.15) is 12.0 Å². The van der Waals surface area contributed by atoms with Gasteiger partial charge >= 0.3 is 0 Å². The van der Waals surface area contributed by atoms with Crippen LogP contribution < -0.4 is 5.32 Å². The van der Waals surface area contributed by atoms with Crippen molar-refractivity contribution in [2.24, 2.45) is 0 Å². The Hall–Kier alpha value is -1.31. The molecular formula is C17H18BrNO3S2. The highest BCUT2D eigenvalue weighted by molar-refractivity contribution is 9.10. The molecule has 0 atom stereocenters. The van der Waals surface area contributed by atoms with Crippen molar-refractivity contribution in [2.75, 3.05) is 12.0 Å². The highest BCUT2D eigenvalue weighted by Gasteiger charge is 2.07. The third kappa shape index (κ3) is 6.30. The molecule has 0 unspecified atom stereocenters. The Morgan fingerprint density at radius 1 is 1.08 bits per heavy atom. The summed E-state index contributed by atoms with van der Waals surface area (Å²) in [6.45, 7) is 0.395. The molecule has 1 amide bonds. The molecule has 0 spiro atoms. The molecular weight excluding hydrogens is 410 g/mol. The topological polar surface area (TPSA) is 63.2 Å². The van der Waals surface area contributed by atoms with Crippen molar-refractivity contribution in [3.8, 4) is 0 Å². The second kappa shape index (κ2) is 8.69. The van der Waals surface area contributed by atoms with Gasteiger partial charge in [0.2, 0.25) is 5.91 Å². The van der Waals surface area contributed by atoms with Crippen LogP contribution in [0.25, 0.3) is 0 Å². The van der Waals surface area contributed by atoms with Crippen molar-refractivity contribution in [3.05, 3.63) is 58.6 Å². The lowest BCUT2D eigenvalue weighted by atomic mass is 10.2. The maximum Gasteiger partial charge on any atom is 0.221 e. The Balaban J connectivity index is 1.74. The van der Waals surface area contributed by atoms with Crippen molar-refractivity contribution in [1.29, 1.82) is 0 Å². The van der Waals surface area contributed by atoms with E-state index in [1.54, 1.807) is 36.0 Å². The highest BCUT2D eigenvalue weighted by Crippen LogP contribution is 2.21. The number of nitrogens with one attached hydrogen (secondary N) is 1. The predicted molar refractivity (Wildman–Crippen MR) is 101 cm³/mol. The lowest BCUT2D eigenvalue weighted by Crippen LogP contribution is -2.23. The van der Waals surface area contributed by atoms with Crippen molar-refractivity contribution in [2.45, 2.75) is 22.8 Å². The summed E-state index contributed by atoms with van der Waals surface area (Å²) < 4.78 is 23.8. The fraction of sp³-hybridized carbons (Fsp3) is 0.235. The van der Waals surface area contributed by atoms with Gasteiger partial charge in [0.25, 0.3) is 0 Å². The molecule has 0 heterocycles. The summed E-state index contributed by atoms with van der Waals surface area (Å²) in [7, 11) is -3.19. The van der Waals surface area contributed by atoms with Crippen LogP contribution in [0.15, 0.2) is 62.8 Å². The number of rotatable bonds is 7. The van der Waals surface area contributed by atoms with Crippen molar-refractivity contribution < 1.29 is 13.2 Å². The van der Waals surface area contributed by atoms with Gasteiger partial charge in [-0.25, -0.2) is 8.42 Å². The maximum absolute atomic E-state index is 11.9. The number of hydrogen-bond donors (Lipinski definition) is 1. The number of thioether (sulfide) groups is 1. The SMILES string of the molecule is CS(=O)(=O)c1ccc(CNC(=O)CCSc2ccc(Br)cc2)cc1. The minimum atomic E-state index is -3.19. The second-order valence-electron chi connectivity index (χ2n) is 5.25. The molecule has 0 bridgehead atoms. The summed E-state index contributed by atoms with van der Waals surface area (Å²) in [5.74, 6) is 0.687. The smallest absolute Gasteiger partial charge is 0.221 e. The first-order valence-electron chi connectivity index (χ1n) is 7.29. The lowest BCUT2D eigenvalue weighted by Gasteiger charge is -2.06. The predicted octanol–water partition coefficient (Wildman–Crippen LogP) is 3.65.